The third kappa shape index (κ3) is 4.80. The maximum absolute atomic E-state index is 12.9. The van der Waals surface area contributed by atoms with Gasteiger partial charge >= 0.3 is 0 Å². The first-order chi connectivity index (χ1) is 13.1. The minimum absolute atomic E-state index is 0.0313. The van der Waals surface area contributed by atoms with Gasteiger partial charge in [0.15, 0.2) is 0 Å². The largest absolute Gasteiger partial charge is 0.497 e. The number of carbonyl (C=O) groups excluding carboxylic acids is 2. The first-order valence-corrected chi connectivity index (χ1v) is 10.1. The number of hydrogen-bond acceptors (Lipinski definition) is 4. The van der Waals surface area contributed by atoms with Gasteiger partial charge in [0.25, 0.3) is 0 Å². The van der Waals surface area contributed by atoms with E-state index in [0.717, 1.165) is 56.6 Å². The van der Waals surface area contributed by atoms with Crippen molar-refractivity contribution in [1.82, 2.24) is 9.80 Å². The molecule has 27 heavy (non-hydrogen) atoms. The predicted octanol–water partition coefficient (Wildman–Crippen LogP) is 2.89. The number of nitrogens with zero attached hydrogens (tertiary/aromatic N) is 2. The molecule has 3 rings (SSSR count). The monoisotopic (exact) mass is 373 g/mol. The van der Waals surface area contributed by atoms with Crippen LogP contribution in [0.2, 0.25) is 0 Å². The normalized spacial score (nSPS) is 23.3. The summed E-state index contributed by atoms with van der Waals surface area (Å²) in [5.74, 6) is 0.898. The van der Waals surface area contributed by atoms with Crippen LogP contribution in [-0.4, -0.2) is 60.4 Å². The van der Waals surface area contributed by atoms with E-state index in [1.165, 1.54) is 6.42 Å². The molecule has 2 saturated heterocycles. The van der Waals surface area contributed by atoms with E-state index in [1.807, 2.05) is 34.1 Å². The zero-order chi connectivity index (χ0) is 19.2. The maximum Gasteiger partial charge on any atom is 0.241 e. The number of amides is 2. The highest BCUT2D eigenvalue weighted by molar-refractivity contribution is 5.95. The van der Waals surface area contributed by atoms with Gasteiger partial charge in [0.2, 0.25) is 11.8 Å². The lowest BCUT2D eigenvalue weighted by Crippen LogP contribution is -2.50. The number of benzene rings is 1. The lowest BCUT2D eigenvalue weighted by atomic mass is 10.00. The van der Waals surface area contributed by atoms with E-state index in [2.05, 4.69) is 12.2 Å². The van der Waals surface area contributed by atoms with Gasteiger partial charge in [-0.25, -0.2) is 0 Å². The summed E-state index contributed by atoms with van der Waals surface area (Å²) < 4.78 is 5.15. The van der Waals surface area contributed by atoms with Gasteiger partial charge in [0.05, 0.1) is 19.7 Å². The fourth-order valence-corrected chi connectivity index (χ4v) is 4.23. The van der Waals surface area contributed by atoms with Gasteiger partial charge in [-0.3, -0.25) is 14.5 Å². The summed E-state index contributed by atoms with van der Waals surface area (Å²) in [7, 11) is 1.62. The van der Waals surface area contributed by atoms with E-state index in [-0.39, 0.29) is 17.9 Å². The number of carbonyl (C=O) groups is 2. The minimum Gasteiger partial charge on any atom is -0.497 e. The van der Waals surface area contributed by atoms with Crippen molar-refractivity contribution in [3.63, 3.8) is 0 Å². The summed E-state index contributed by atoms with van der Waals surface area (Å²) in [5.41, 5.74) is 0.751. The Morgan fingerprint density at radius 3 is 2.59 bits per heavy atom. The average Bonchev–Trinajstić information content (AvgIpc) is 3.16. The van der Waals surface area contributed by atoms with E-state index < -0.39 is 0 Å². The van der Waals surface area contributed by atoms with Crippen LogP contribution in [0, 0.1) is 0 Å². The average molecular weight is 373 g/mol. The fraction of sp³-hybridized carbons (Fsp3) is 0.619. The van der Waals surface area contributed by atoms with Crippen LogP contribution < -0.4 is 10.1 Å². The van der Waals surface area contributed by atoms with Crippen molar-refractivity contribution >= 4 is 17.5 Å². The number of likely N-dealkylation sites (tertiary alicyclic amines) is 2. The van der Waals surface area contributed by atoms with Crippen molar-refractivity contribution in [1.29, 1.82) is 0 Å². The lowest BCUT2D eigenvalue weighted by Gasteiger charge is -2.36. The Balaban J connectivity index is 1.58. The quantitative estimate of drug-likeness (QED) is 0.833. The zero-order valence-corrected chi connectivity index (χ0v) is 16.4. The zero-order valence-electron chi connectivity index (χ0n) is 16.4. The molecule has 0 saturated carbocycles. The standard InChI is InChI=1S/C21H31N3O3/c1-3-17-7-4-5-14-24(17)20(25)15-23-13-6-8-19(23)21(26)22-16-9-11-18(27-2)12-10-16/h9-12,17,19H,3-8,13-15H2,1-2H3,(H,22,26)/t17-,19+/m1/s1. The Hall–Kier alpha value is -2.08. The first-order valence-electron chi connectivity index (χ1n) is 10.1. The molecular weight excluding hydrogens is 342 g/mol. The Bertz CT molecular complexity index is 647. The molecule has 1 aromatic carbocycles. The summed E-state index contributed by atoms with van der Waals surface area (Å²) in [4.78, 5) is 29.7. The molecule has 1 N–H and O–H groups in total. The second-order valence-corrected chi connectivity index (χ2v) is 7.49. The van der Waals surface area contributed by atoms with Gasteiger partial charge in [0, 0.05) is 18.3 Å². The molecule has 6 heteroatoms. The van der Waals surface area contributed by atoms with E-state index in [9.17, 15) is 9.59 Å². The molecule has 0 bridgehead atoms. The Kier molecular flexibility index (Phi) is 6.72. The van der Waals surface area contributed by atoms with Crippen molar-refractivity contribution in [3.8, 4) is 5.75 Å². The van der Waals surface area contributed by atoms with Gasteiger partial charge in [0.1, 0.15) is 5.75 Å². The summed E-state index contributed by atoms with van der Waals surface area (Å²) in [6, 6.07) is 7.45. The van der Waals surface area contributed by atoms with E-state index >= 15 is 0 Å². The number of anilines is 1. The molecule has 0 aromatic heterocycles. The molecule has 2 aliphatic rings. The molecule has 2 fully saturated rings. The SMILES string of the molecule is CC[C@@H]1CCCCN1C(=O)CN1CCC[C@H]1C(=O)Nc1ccc(OC)cc1. The number of piperidine rings is 1. The van der Waals surface area contributed by atoms with Crippen LogP contribution in [0.25, 0.3) is 0 Å². The number of hydrogen-bond donors (Lipinski definition) is 1. The van der Waals surface area contributed by atoms with Crippen molar-refractivity contribution in [3.05, 3.63) is 24.3 Å². The summed E-state index contributed by atoms with van der Waals surface area (Å²) >= 11 is 0. The summed E-state index contributed by atoms with van der Waals surface area (Å²) in [5, 5.41) is 2.98. The van der Waals surface area contributed by atoms with Crippen LogP contribution in [0.1, 0.15) is 45.4 Å². The number of nitrogens with one attached hydrogen (secondary N) is 1. The number of rotatable bonds is 6. The van der Waals surface area contributed by atoms with Gasteiger partial charge in [-0.15, -0.1) is 0 Å². The van der Waals surface area contributed by atoms with Crippen LogP contribution in [0.5, 0.6) is 5.75 Å². The predicted molar refractivity (Wildman–Crippen MR) is 106 cm³/mol. The third-order valence-corrected chi connectivity index (χ3v) is 5.78. The molecular formula is C21H31N3O3. The second kappa shape index (κ2) is 9.22. The molecule has 2 heterocycles. The Labute approximate surface area is 161 Å². The van der Waals surface area contributed by atoms with Crippen LogP contribution in [-0.2, 0) is 9.59 Å². The molecule has 2 aliphatic heterocycles. The molecule has 2 amide bonds. The molecule has 0 unspecified atom stereocenters. The van der Waals surface area contributed by atoms with Crippen LogP contribution in [0.3, 0.4) is 0 Å². The van der Waals surface area contributed by atoms with Crippen molar-refractivity contribution < 1.29 is 14.3 Å². The highest BCUT2D eigenvalue weighted by Crippen LogP contribution is 2.23. The van der Waals surface area contributed by atoms with Crippen LogP contribution in [0.4, 0.5) is 5.69 Å². The summed E-state index contributed by atoms with van der Waals surface area (Å²) in [6.07, 6.45) is 6.15. The van der Waals surface area contributed by atoms with Crippen molar-refractivity contribution in [2.24, 2.45) is 0 Å². The van der Waals surface area contributed by atoms with E-state index in [1.54, 1.807) is 7.11 Å². The fourth-order valence-electron chi connectivity index (χ4n) is 4.23. The molecule has 2 atom stereocenters. The smallest absolute Gasteiger partial charge is 0.241 e. The molecule has 1 aromatic rings. The third-order valence-electron chi connectivity index (χ3n) is 5.78. The second-order valence-electron chi connectivity index (χ2n) is 7.49. The molecule has 0 radical (unpaired) electrons. The topological polar surface area (TPSA) is 61.9 Å². The lowest BCUT2D eigenvalue weighted by molar-refractivity contribution is -0.137. The van der Waals surface area contributed by atoms with Crippen molar-refractivity contribution in [2.45, 2.75) is 57.5 Å². The van der Waals surface area contributed by atoms with Gasteiger partial charge in [-0.2, -0.15) is 0 Å². The minimum atomic E-state index is -0.235. The van der Waals surface area contributed by atoms with Gasteiger partial charge in [-0.05, 0) is 69.3 Å². The number of ether oxygens (including phenoxy) is 1. The van der Waals surface area contributed by atoms with Gasteiger partial charge < -0.3 is 15.0 Å². The molecule has 0 spiro atoms. The van der Waals surface area contributed by atoms with Crippen LogP contribution in [0.15, 0.2) is 24.3 Å². The highest BCUT2D eigenvalue weighted by Gasteiger charge is 2.34. The molecule has 148 valence electrons. The maximum atomic E-state index is 12.9. The Morgan fingerprint density at radius 1 is 1.11 bits per heavy atom. The van der Waals surface area contributed by atoms with E-state index in [4.69, 9.17) is 4.74 Å². The molecule has 0 aliphatic carbocycles. The summed E-state index contributed by atoms with van der Waals surface area (Å²) in [6.45, 7) is 4.15. The highest BCUT2D eigenvalue weighted by atomic mass is 16.5. The van der Waals surface area contributed by atoms with Gasteiger partial charge in [-0.1, -0.05) is 6.92 Å². The van der Waals surface area contributed by atoms with Crippen molar-refractivity contribution in [2.75, 3.05) is 32.1 Å². The molecule has 6 nitrogen and oxygen atoms in total. The number of methoxy groups -OCH3 is 1. The van der Waals surface area contributed by atoms with E-state index in [0.29, 0.717) is 12.6 Å². The van der Waals surface area contributed by atoms with Crippen LogP contribution >= 0.6 is 0 Å². The Morgan fingerprint density at radius 2 is 1.89 bits per heavy atom. The first kappa shape index (κ1) is 19.7.